The van der Waals surface area contributed by atoms with Crippen LogP contribution in [0.3, 0.4) is 0 Å². The molecule has 7 nitrogen and oxygen atoms in total. The molecule has 0 spiro atoms. The van der Waals surface area contributed by atoms with Crippen LogP contribution in [0.15, 0.2) is 29.2 Å². The molecule has 2 heterocycles. The predicted molar refractivity (Wildman–Crippen MR) is 111 cm³/mol. The molecule has 0 saturated carbocycles. The third-order valence-corrected chi connectivity index (χ3v) is 7.57. The van der Waals surface area contributed by atoms with Gasteiger partial charge in [0.15, 0.2) is 0 Å². The lowest BCUT2D eigenvalue weighted by molar-refractivity contribution is -0.119. The van der Waals surface area contributed by atoms with Gasteiger partial charge in [-0.2, -0.15) is 4.31 Å². The van der Waals surface area contributed by atoms with E-state index in [0.29, 0.717) is 56.4 Å². The van der Waals surface area contributed by atoms with Crippen molar-refractivity contribution in [2.24, 2.45) is 11.8 Å². The highest BCUT2D eigenvalue weighted by Crippen LogP contribution is 2.27. The standard InChI is InChI=1S/C21H31N3O4S/c1-15-11-16(2)14-24(13-15)29(27,28)20-6-4-5-18(12-20)21(26)23-9-7-19(8-10-23)22-17(3)25/h4-6,12,15-16,19H,7-11,13-14H2,1-3H3,(H,22,25). The van der Waals surface area contributed by atoms with Crippen molar-refractivity contribution in [2.75, 3.05) is 26.2 Å². The Labute approximate surface area is 173 Å². The zero-order valence-corrected chi connectivity index (χ0v) is 18.2. The molecule has 8 heteroatoms. The first-order valence-electron chi connectivity index (χ1n) is 10.3. The number of amides is 2. The van der Waals surface area contributed by atoms with Crippen molar-refractivity contribution in [2.45, 2.75) is 51.0 Å². The maximum Gasteiger partial charge on any atom is 0.253 e. The average molecular weight is 422 g/mol. The second kappa shape index (κ2) is 8.83. The summed E-state index contributed by atoms with van der Waals surface area (Å²) in [6.45, 7) is 7.76. The second-order valence-corrected chi connectivity index (χ2v) is 10.5. The van der Waals surface area contributed by atoms with Crippen LogP contribution in [-0.2, 0) is 14.8 Å². The molecule has 29 heavy (non-hydrogen) atoms. The quantitative estimate of drug-likeness (QED) is 0.807. The van der Waals surface area contributed by atoms with Gasteiger partial charge in [0.05, 0.1) is 4.90 Å². The van der Waals surface area contributed by atoms with Crippen LogP contribution in [0.2, 0.25) is 0 Å². The SMILES string of the molecule is CC(=O)NC1CCN(C(=O)c2cccc(S(=O)(=O)N3CC(C)CC(C)C3)c2)CC1. The Bertz CT molecular complexity index is 852. The number of sulfonamides is 1. The van der Waals surface area contributed by atoms with Gasteiger partial charge < -0.3 is 10.2 Å². The first kappa shape index (κ1) is 21.8. The summed E-state index contributed by atoms with van der Waals surface area (Å²) < 4.78 is 27.8. The Balaban J connectivity index is 1.72. The number of carbonyl (C=O) groups excluding carboxylic acids is 2. The van der Waals surface area contributed by atoms with Crippen LogP contribution in [0, 0.1) is 11.8 Å². The van der Waals surface area contributed by atoms with E-state index in [9.17, 15) is 18.0 Å². The third kappa shape index (κ3) is 5.17. The van der Waals surface area contributed by atoms with Crippen LogP contribution in [0.25, 0.3) is 0 Å². The predicted octanol–water partition coefficient (Wildman–Crippen LogP) is 2.09. The van der Waals surface area contributed by atoms with Crippen LogP contribution >= 0.6 is 0 Å². The molecule has 2 fully saturated rings. The van der Waals surface area contributed by atoms with E-state index in [1.165, 1.54) is 13.0 Å². The number of carbonyl (C=O) groups is 2. The monoisotopic (exact) mass is 421 g/mol. The molecule has 0 bridgehead atoms. The van der Waals surface area contributed by atoms with Gasteiger partial charge in [-0.1, -0.05) is 19.9 Å². The minimum Gasteiger partial charge on any atom is -0.353 e. The van der Waals surface area contributed by atoms with Gasteiger partial charge >= 0.3 is 0 Å². The summed E-state index contributed by atoms with van der Waals surface area (Å²) in [6.07, 6.45) is 2.43. The van der Waals surface area contributed by atoms with Gasteiger partial charge in [0.25, 0.3) is 5.91 Å². The number of nitrogens with one attached hydrogen (secondary N) is 1. The third-order valence-electron chi connectivity index (χ3n) is 5.74. The minimum absolute atomic E-state index is 0.0611. The van der Waals surface area contributed by atoms with Gasteiger partial charge in [-0.15, -0.1) is 0 Å². The molecule has 0 radical (unpaired) electrons. The van der Waals surface area contributed by atoms with Crippen LogP contribution in [0.4, 0.5) is 0 Å². The van der Waals surface area contributed by atoms with E-state index in [2.05, 4.69) is 19.2 Å². The number of piperidine rings is 2. The van der Waals surface area contributed by atoms with Gasteiger partial charge in [-0.25, -0.2) is 8.42 Å². The molecule has 0 aromatic heterocycles. The van der Waals surface area contributed by atoms with Crippen LogP contribution in [0.1, 0.15) is 50.4 Å². The molecule has 1 aromatic rings. The Morgan fingerprint density at radius 1 is 1.07 bits per heavy atom. The highest BCUT2D eigenvalue weighted by molar-refractivity contribution is 7.89. The molecule has 0 aliphatic carbocycles. The fourth-order valence-electron chi connectivity index (χ4n) is 4.44. The van der Waals surface area contributed by atoms with Gasteiger partial charge in [0.2, 0.25) is 15.9 Å². The summed E-state index contributed by atoms with van der Waals surface area (Å²) in [5.74, 6) is 0.421. The molecule has 3 rings (SSSR count). The molecule has 1 aromatic carbocycles. The van der Waals surface area contributed by atoms with Gasteiger partial charge in [0.1, 0.15) is 0 Å². The lowest BCUT2D eigenvalue weighted by Crippen LogP contribution is -2.46. The van der Waals surface area contributed by atoms with E-state index in [-0.39, 0.29) is 22.8 Å². The summed E-state index contributed by atoms with van der Waals surface area (Å²) in [4.78, 5) is 26.0. The number of likely N-dealkylation sites (tertiary alicyclic amines) is 1. The van der Waals surface area contributed by atoms with Gasteiger partial charge in [-0.3, -0.25) is 9.59 Å². The molecule has 2 atom stereocenters. The largest absolute Gasteiger partial charge is 0.353 e. The topological polar surface area (TPSA) is 86.8 Å². The second-order valence-electron chi connectivity index (χ2n) is 8.56. The number of nitrogens with zero attached hydrogens (tertiary/aromatic N) is 2. The summed E-state index contributed by atoms with van der Waals surface area (Å²) in [6, 6.07) is 6.47. The van der Waals surface area contributed by atoms with E-state index in [4.69, 9.17) is 0 Å². The Kier molecular flexibility index (Phi) is 6.63. The summed E-state index contributed by atoms with van der Waals surface area (Å²) in [5.41, 5.74) is 0.391. The van der Waals surface area contributed by atoms with Crippen molar-refractivity contribution >= 4 is 21.8 Å². The fourth-order valence-corrected chi connectivity index (χ4v) is 6.16. The molecule has 2 aliphatic rings. The summed E-state index contributed by atoms with van der Waals surface area (Å²) in [7, 11) is -3.62. The van der Waals surface area contributed by atoms with Gasteiger partial charge in [0, 0.05) is 44.7 Å². The zero-order valence-electron chi connectivity index (χ0n) is 17.4. The molecule has 1 N–H and O–H groups in total. The van der Waals surface area contributed by atoms with Gasteiger partial charge in [-0.05, 0) is 49.3 Å². The molecule has 2 unspecified atom stereocenters. The van der Waals surface area contributed by atoms with Crippen LogP contribution < -0.4 is 5.32 Å². The highest BCUT2D eigenvalue weighted by Gasteiger charge is 2.32. The smallest absolute Gasteiger partial charge is 0.253 e. The van der Waals surface area contributed by atoms with Crippen molar-refractivity contribution in [3.05, 3.63) is 29.8 Å². The first-order valence-corrected chi connectivity index (χ1v) is 11.8. The summed E-state index contributed by atoms with van der Waals surface area (Å²) >= 11 is 0. The Morgan fingerprint density at radius 3 is 2.28 bits per heavy atom. The Morgan fingerprint density at radius 2 is 1.69 bits per heavy atom. The number of benzene rings is 1. The van der Waals surface area contributed by atoms with E-state index < -0.39 is 10.0 Å². The maximum atomic E-state index is 13.1. The number of hydrogen-bond acceptors (Lipinski definition) is 4. The van der Waals surface area contributed by atoms with Crippen molar-refractivity contribution < 1.29 is 18.0 Å². The van der Waals surface area contributed by atoms with E-state index in [1.54, 1.807) is 27.4 Å². The molecular formula is C21H31N3O4S. The lowest BCUT2D eigenvalue weighted by atomic mass is 9.94. The Hall–Kier alpha value is -1.93. The summed E-state index contributed by atoms with van der Waals surface area (Å²) in [5, 5.41) is 2.89. The zero-order chi connectivity index (χ0) is 21.2. The number of hydrogen-bond donors (Lipinski definition) is 1. The molecule has 160 valence electrons. The van der Waals surface area contributed by atoms with Crippen molar-refractivity contribution in [3.63, 3.8) is 0 Å². The average Bonchev–Trinajstić information content (AvgIpc) is 2.67. The van der Waals surface area contributed by atoms with Crippen molar-refractivity contribution in [1.29, 1.82) is 0 Å². The fraction of sp³-hybridized carbons (Fsp3) is 0.619. The number of rotatable bonds is 4. The van der Waals surface area contributed by atoms with E-state index >= 15 is 0 Å². The maximum absolute atomic E-state index is 13.1. The highest BCUT2D eigenvalue weighted by atomic mass is 32.2. The molecule has 2 amide bonds. The van der Waals surface area contributed by atoms with Crippen molar-refractivity contribution in [3.8, 4) is 0 Å². The lowest BCUT2D eigenvalue weighted by Gasteiger charge is -2.34. The minimum atomic E-state index is -3.62. The van der Waals surface area contributed by atoms with Crippen LogP contribution in [-0.4, -0.2) is 61.7 Å². The first-order chi connectivity index (χ1) is 13.7. The molecule has 2 aliphatic heterocycles. The molecule has 2 saturated heterocycles. The van der Waals surface area contributed by atoms with E-state index in [1.807, 2.05) is 0 Å². The van der Waals surface area contributed by atoms with Crippen LogP contribution in [0.5, 0.6) is 0 Å². The van der Waals surface area contributed by atoms with Crippen molar-refractivity contribution in [1.82, 2.24) is 14.5 Å². The van der Waals surface area contributed by atoms with E-state index in [0.717, 1.165) is 6.42 Å². The molecular weight excluding hydrogens is 390 g/mol. The normalized spacial score (nSPS) is 24.3.